The number of rotatable bonds is 4. The molecule has 4 nitrogen and oxygen atoms in total. The van der Waals surface area contributed by atoms with Crippen molar-refractivity contribution in [1.29, 1.82) is 0 Å². The monoisotopic (exact) mass is 320 g/mol. The number of benzene rings is 1. The molecule has 0 fully saturated rings. The third-order valence-electron chi connectivity index (χ3n) is 2.74. The van der Waals surface area contributed by atoms with Crippen molar-refractivity contribution in [2.24, 2.45) is 0 Å². The van der Waals surface area contributed by atoms with Crippen molar-refractivity contribution in [1.82, 2.24) is 9.59 Å². The first kappa shape index (κ1) is 13.8. The number of ether oxygens (including phenoxy) is 1. The molecule has 0 aliphatic carbocycles. The Balaban J connectivity index is 1.75. The summed E-state index contributed by atoms with van der Waals surface area (Å²) in [7, 11) is 0. The van der Waals surface area contributed by atoms with Crippen LogP contribution in [0.1, 0.15) is 15.2 Å². The van der Waals surface area contributed by atoms with Crippen LogP contribution in [0.15, 0.2) is 41.8 Å². The van der Waals surface area contributed by atoms with Gasteiger partial charge >= 0.3 is 5.97 Å². The number of nitrogens with zero attached hydrogens (tertiary/aromatic N) is 2. The zero-order chi connectivity index (χ0) is 14.7. The van der Waals surface area contributed by atoms with E-state index in [1.807, 2.05) is 17.5 Å². The molecule has 0 N–H and O–H groups in total. The molecule has 0 aliphatic rings. The van der Waals surface area contributed by atoms with Crippen molar-refractivity contribution in [2.75, 3.05) is 0 Å². The summed E-state index contributed by atoms with van der Waals surface area (Å²) in [6.07, 6.45) is 0. The summed E-state index contributed by atoms with van der Waals surface area (Å²) in [6, 6.07) is 9.91. The lowest BCUT2D eigenvalue weighted by Crippen LogP contribution is -2.05. The van der Waals surface area contributed by atoms with Crippen LogP contribution < -0.4 is 0 Å². The summed E-state index contributed by atoms with van der Waals surface area (Å²) in [4.78, 5) is 13.3. The summed E-state index contributed by atoms with van der Waals surface area (Å²) in [5, 5.41) is 5.85. The summed E-state index contributed by atoms with van der Waals surface area (Å²) in [6.45, 7) is -0.118. The fraction of sp³-hybridized carbons (Fsp3) is 0.0714. The average molecular weight is 320 g/mol. The van der Waals surface area contributed by atoms with E-state index < -0.39 is 11.8 Å². The highest BCUT2D eigenvalue weighted by molar-refractivity contribution is 7.14. The normalized spacial score (nSPS) is 10.5. The second-order valence-corrected chi connectivity index (χ2v) is 5.80. The number of halogens is 1. The Morgan fingerprint density at radius 2 is 2.10 bits per heavy atom. The van der Waals surface area contributed by atoms with E-state index >= 15 is 0 Å². The second-order valence-electron chi connectivity index (χ2n) is 4.10. The molecule has 0 radical (unpaired) electrons. The minimum Gasteiger partial charge on any atom is -0.456 e. The van der Waals surface area contributed by atoms with Gasteiger partial charge in [0.2, 0.25) is 0 Å². The van der Waals surface area contributed by atoms with E-state index in [1.165, 1.54) is 17.4 Å². The topological polar surface area (TPSA) is 52.1 Å². The van der Waals surface area contributed by atoms with Crippen molar-refractivity contribution in [3.05, 3.63) is 58.0 Å². The third-order valence-corrected chi connectivity index (χ3v) is 4.33. The van der Waals surface area contributed by atoms with E-state index in [4.69, 9.17) is 4.74 Å². The Bertz CT molecular complexity index is 756. The fourth-order valence-electron chi connectivity index (χ4n) is 1.72. The first-order valence-corrected chi connectivity index (χ1v) is 7.68. The predicted molar refractivity (Wildman–Crippen MR) is 78.7 cm³/mol. The molecule has 0 spiro atoms. The first-order valence-electron chi connectivity index (χ1n) is 6.02. The van der Waals surface area contributed by atoms with Gasteiger partial charge in [0, 0.05) is 5.56 Å². The molecule has 0 bridgehead atoms. The minimum atomic E-state index is -0.545. The molecule has 0 amide bonds. The number of esters is 1. The summed E-state index contributed by atoms with van der Waals surface area (Å²) in [5.74, 6) is -0.942. The molecule has 0 atom stereocenters. The van der Waals surface area contributed by atoms with Gasteiger partial charge in [0.05, 0.1) is 4.88 Å². The number of hydrogen-bond donors (Lipinski definition) is 0. The van der Waals surface area contributed by atoms with Gasteiger partial charge in [0.1, 0.15) is 18.1 Å². The number of carbonyl (C=O) groups excluding carboxylic acids is 1. The van der Waals surface area contributed by atoms with Crippen LogP contribution in [0.25, 0.3) is 10.6 Å². The molecule has 3 rings (SSSR count). The highest BCUT2D eigenvalue weighted by Gasteiger charge is 2.20. The number of carbonyl (C=O) groups is 1. The van der Waals surface area contributed by atoms with Crippen molar-refractivity contribution < 1.29 is 13.9 Å². The summed E-state index contributed by atoms with van der Waals surface area (Å²) in [5.41, 5.74) is 0.842. The van der Waals surface area contributed by atoms with Gasteiger partial charge in [-0.3, -0.25) is 0 Å². The number of hydrogen-bond acceptors (Lipinski definition) is 6. The molecule has 21 heavy (non-hydrogen) atoms. The van der Waals surface area contributed by atoms with Crippen LogP contribution in [0.2, 0.25) is 0 Å². The molecule has 106 valence electrons. The van der Waals surface area contributed by atoms with Crippen molar-refractivity contribution in [3.8, 4) is 10.6 Å². The van der Waals surface area contributed by atoms with Gasteiger partial charge < -0.3 is 4.74 Å². The van der Waals surface area contributed by atoms with Crippen molar-refractivity contribution in [3.63, 3.8) is 0 Å². The van der Waals surface area contributed by atoms with Crippen molar-refractivity contribution in [2.45, 2.75) is 6.61 Å². The largest absolute Gasteiger partial charge is 0.456 e. The van der Waals surface area contributed by atoms with Crippen LogP contribution in [-0.4, -0.2) is 15.6 Å². The fourth-order valence-corrected chi connectivity index (χ4v) is 3.08. The Morgan fingerprint density at radius 3 is 2.86 bits per heavy atom. The molecule has 2 aromatic heterocycles. The molecule has 0 aliphatic heterocycles. The van der Waals surface area contributed by atoms with Gasteiger partial charge in [0.25, 0.3) is 0 Å². The standard InChI is InChI=1S/C14H9FN2O2S2/c15-10-5-2-1-4-9(10)8-19-14(18)13-12(16-17-21-13)11-6-3-7-20-11/h1-7H,8H2. The summed E-state index contributed by atoms with van der Waals surface area (Å²) >= 11 is 2.44. The van der Waals surface area contributed by atoms with Gasteiger partial charge in [-0.2, -0.15) is 0 Å². The van der Waals surface area contributed by atoms with Crippen LogP contribution in [0.3, 0.4) is 0 Å². The van der Waals surface area contributed by atoms with Gasteiger partial charge in [-0.15, -0.1) is 16.4 Å². The molecule has 0 unspecified atom stereocenters. The van der Waals surface area contributed by atoms with Crippen molar-refractivity contribution >= 4 is 28.8 Å². The van der Waals surface area contributed by atoms with Gasteiger partial charge in [0.15, 0.2) is 4.88 Å². The van der Waals surface area contributed by atoms with E-state index in [0.717, 1.165) is 16.4 Å². The molecule has 3 aromatic rings. The zero-order valence-electron chi connectivity index (χ0n) is 10.7. The van der Waals surface area contributed by atoms with E-state index in [1.54, 1.807) is 18.2 Å². The zero-order valence-corrected chi connectivity index (χ0v) is 12.3. The van der Waals surface area contributed by atoms with E-state index in [0.29, 0.717) is 16.1 Å². The minimum absolute atomic E-state index is 0.118. The summed E-state index contributed by atoms with van der Waals surface area (Å²) < 4.78 is 22.4. The van der Waals surface area contributed by atoms with E-state index in [-0.39, 0.29) is 6.61 Å². The highest BCUT2D eigenvalue weighted by atomic mass is 32.1. The van der Waals surface area contributed by atoms with Gasteiger partial charge in [-0.1, -0.05) is 28.8 Å². The SMILES string of the molecule is O=C(OCc1ccccc1F)c1snnc1-c1cccs1. The Morgan fingerprint density at radius 1 is 1.24 bits per heavy atom. The van der Waals surface area contributed by atoms with Crippen LogP contribution in [0, 0.1) is 5.82 Å². The van der Waals surface area contributed by atoms with Gasteiger partial charge in [-0.25, -0.2) is 9.18 Å². The lowest BCUT2D eigenvalue weighted by atomic mass is 10.2. The maximum atomic E-state index is 13.5. The highest BCUT2D eigenvalue weighted by Crippen LogP contribution is 2.28. The molecule has 7 heteroatoms. The van der Waals surface area contributed by atoms with Crippen LogP contribution in [0.5, 0.6) is 0 Å². The maximum absolute atomic E-state index is 13.5. The van der Waals surface area contributed by atoms with Crippen LogP contribution in [0.4, 0.5) is 4.39 Å². The predicted octanol–water partition coefficient (Wildman–Crippen LogP) is 3.76. The first-order chi connectivity index (χ1) is 10.3. The lowest BCUT2D eigenvalue weighted by molar-refractivity contribution is 0.0475. The number of aromatic nitrogens is 2. The molecule has 1 aromatic carbocycles. The Hall–Kier alpha value is -2.12. The Kier molecular flexibility index (Phi) is 4.03. The molecule has 2 heterocycles. The van der Waals surface area contributed by atoms with Crippen LogP contribution in [-0.2, 0) is 11.3 Å². The van der Waals surface area contributed by atoms with E-state index in [9.17, 15) is 9.18 Å². The average Bonchev–Trinajstić information content (AvgIpc) is 3.16. The van der Waals surface area contributed by atoms with Gasteiger partial charge in [-0.05, 0) is 29.0 Å². The molecule has 0 saturated carbocycles. The van der Waals surface area contributed by atoms with E-state index in [2.05, 4.69) is 9.59 Å². The third kappa shape index (κ3) is 2.98. The quantitative estimate of drug-likeness (QED) is 0.687. The molecular weight excluding hydrogens is 311 g/mol. The second kappa shape index (κ2) is 6.11. The molecular formula is C14H9FN2O2S2. The lowest BCUT2D eigenvalue weighted by Gasteiger charge is -2.04. The molecule has 0 saturated heterocycles. The maximum Gasteiger partial charge on any atom is 0.352 e. The smallest absolute Gasteiger partial charge is 0.352 e. The Labute approximate surface area is 128 Å². The number of thiophene rings is 1. The van der Waals surface area contributed by atoms with Crippen LogP contribution >= 0.6 is 22.9 Å².